The van der Waals surface area contributed by atoms with E-state index in [-0.39, 0.29) is 18.0 Å². The zero-order valence-corrected chi connectivity index (χ0v) is 12.6. The molecule has 0 unspecified atom stereocenters. The predicted octanol–water partition coefficient (Wildman–Crippen LogP) is -0.113. The van der Waals surface area contributed by atoms with Gasteiger partial charge in [-0.25, -0.2) is 4.98 Å². The highest BCUT2D eigenvalue weighted by molar-refractivity contribution is 5.76. The number of fused-ring (bicyclic) bond motifs is 1. The van der Waals surface area contributed by atoms with Crippen molar-refractivity contribution in [2.45, 2.75) is 38.3 Å². The molecular formula is C14H20N6O2. The second kappa shape index (κ2) is 5.88. The third-order valence-corrected chi connectivity index (χ3v) is 4.20. The van der Waals surface area contributed by atoms with Gasteiger partial charge in [-0.1, -0.05) is 12.8 Å². The van der Waals surface area contributed by atoms with Gasteiger partial charge in [-0.05, 0) is 12.8 Å². The molecule has 0 aromatic carbocycles. The van der Waals surface area contributed by atoms with Crippen molar-refractivity contribution in [3.63, 3.8) is 0 Å². The van der Waals surface area contributed by atoms with Crippen LogP contribution in [0.25, 0.3) is 11.0 Å². The van der Waals surface area contributed by atoms with Gasteiger partial charge >= 0.3 is 0 Å². The van der Waals surface area contributed by atoms with Gasteiger partial charge in [-0.3, -0.25) is 19.2 Å². The lowest BCUT2D eigenvalue weighted by molar-refractivity contribution is -0.119. The molecule has 1 fully saturated rings. The maximum atomic E-state index is 12.1. The number of aryl methyl sites for hydroxylation is 1. The quantitative estimate of drug-likeness (QED) is 0.800. The molecule has 0 radical (unpaired) electrons. The van der Waals surface area contributed by atoms with Crippen molar-refractivity contribution in [1.29, 1.82) is 0 Å². The van der Waals surface area contributed by atoms with E-state index in [0.717, 1.165) is 25.7 Å². The predicted molar refractivity (Wildman–Crippen MR) is 81.0 cm³/mol. The number of primary amides is 1. The fourth-order valence-electron chi connectivity index (χ4n) is 3.13. The summed E-state index contributed by atoms with van der Waals surface area (Å²) in [6.07, 6.45) is 5.91. The Morgan fingerprint density at radius 2 is 2.23 bits per heavy atom. The van der Waals surface area contributed by atoms with Crippen molar-refractivity contribution in [2.24, 2.45) is 12.8 Å². The highest BCUT2D eigenvalue weighted by atomic mass is 16.1. The number of carbonyl (C=O) groups is 1. The van der Waals surface area contributed by atoms with Crippen LogP contribution in [0.4, 0.5) is 0 Å². The van der Waals surface area contributed by atoms with Crippen LogP contribution in [-0.2, 0) is 18.4 Å². The number of amides is 1. The fourth-order valence-corrected chi connectivity index (χ4v) is 3.13. The lowest BCUT2D eigenvalue weighted by Crippen LogP contribution is -2.40. The molecule has 0 atom stereocenters. The van der Waals surface area contributed by atoms with E-state index in [2.05, 4.69) is 15.1 Å². The molecule has 8 nitrogen and oxygen atoms in total. The summed E-state index contributed by atoms with van der Waals surface area (Å²) in [5, 5.41) is 4.52. The number of nitrogens with two attached hydrogens (primary N) is 1. The largest absolute Gasteiger partial charge is 0.369 e. The minimum absolute atomic E-state index is 0.178. The number of carbonyl (C=O) groups excluding carboxylic acids is 1. The smallest absolute Gasteiger partial charge is 0.262 e. The maximum Gasteiger partial charge on any atom is 0.262 e. The van der Waals surface area contributed by atoms with E-state index in [1.807, 2.05) is 4.90 Å². The molecule has 3 rings (SSSR count). The van der Waals surface area contributed by atoms with Gasteiger partial charge in [0, 0.05) is 13.1 Å². The minimum atomic E-state index is -0.365. The first-order chi connectivity index (χ1) is 10.5. The molecule has 0 bridgehead atoms. The monoisotopic (exact) mass is 304 g/mol. The van der Waals surface area contributed by atoms with Gasteiger partial charge in [-0.2, -0.15) is 5.10 Å². The van der Waals surface area contributed by atoms with E-state index in [9.17, 15) is 9.59 Å². The Hall–Kier alpha value is -2.22. The molecule has 0 aliphatic heterocycles. The van der Waals surface area contributed by atoms with Crippen LogP contribution >= 0.6 is 0 Å². The number of hydrogen-bond acceptors (Lipinski definition) is 5. The second-order valence-corrected chi connectivity index (χ2v) is 5.83. The molecular weight excluding hydrogens is 284 g/mol. The average Bonchev–Trinajstić information content (AvgIpc) is 3.08. The molecule has 1 aliphatic rings. The van der Waals surface area contributed by atoms with Crippen molar-refractivity contribution in [1.82, 2.24) is 24.6 Å². The zero-order chi connectivity index (χ0) is 15.7. The SMILES string of the molecule is Cn1ncc2c(=O)[nH]c(CN(CC(N)=O)C3CCCC3)nc21. The van der Waals surface area contributed by atoms with Crippen LogP contribution in [0.5, 0.6) is 0 Å². The van der Waals surface area contributed by atoms with E-state index in [1.165, 1.54) is 6.20 Å². The minimum Gasteiger partial charge on any atom is -0.369 e. The summed E-state index contributed by atoms with van der Waals surface area (Å²) in [4.78, 5) is 32.7. The summed E-state index contributed by atoms with van der Waals surface area (Å²) in [5.74, 6) is 0.171. The molecule has 2 aromatic heterocycles. The summed E-state index contributed by atoms with van der Waals surface area (Å²) >= 11 is 0. The first kappa shape index (κ1) is 14.7. The summed E-state index contributed by atoms with van der Waals surface area (Å²) in [5.41, 5.74) is 5.69. The lowest BCUT2D eigenvalue weighted by atomic mass is 10.2. The molecule has 2 aromatic rings. The first-order valence-electron chi connectivity index (χ1n) is 7.48. The van der Waals surface area contributed by atoms with Crippen LogP contribution < -0.4 is 11.3 Å². The maximum absolute atomic E-state index is 12.1. The normalized spacial score (nSPS) is 15.9. The Bertz CT molecular complexity index is 743. The Morgan fingerprint density at radius 3 is 2.91 bits per heavy atom. The molecule has 1 aliphatic carbocycles. The summed E-state index contributed by atoms with van der Waals surface area (Å²) in [6.45, 7) is 0.585. The molecule has 8 heteroatoms. The summed E-state index contributed by atoms with van der Waals surface area (Å²) in [6, 6.07) is 0.319. The highest BCUT2D eigenvalue weighted by Gasteiger charge is 2.24. The number of nitrogens with zero attached hydrogens (tertiary/aromatic N) is 4. The summed E-state index contributed by atoms with van der Waals surface area (Å²) < 4.78 is 1.57. The van der Waals surface area contributed by atoms with Crippen LogP contribution in [0, 0.1) is 0 Å². The van der Waals surface area contributed by atoms with Gasteiger partial charge in [-0.15, -0.1) is 0 Å². The topological polar surface area (TPSA) is 110 Å². The number of aromatic nitrogens is 4. The molecule has 1 amide bonds. The molecule has 118 valence electrons. The van der Waals surface area contributed by atoms with Crippen molar-refractivity contribution in [3.05, 3.63) is 22.4 Å². The van der Waals surface area contributed by atoms with E-state index < -0.39 is 0 Å². The Kier molecular flexibility index (Phi) is 3.93. The van der Waals surface area contributed by atoms with Crippen molar-refractivity contribution in [3.8, 4) is 0 Å². The first-order valence-corrected chi connectivity index (χ1v) is 7.48. The molecule has 1 saturated carbocycles. The number of H-pyrrole nitrogens is 1. The molecule has 2 heterocycles. The molecule has 3 N–H and O–H groups in total. The highest BCUT2D eigenvalue weighted by Crippen LogP contribution is 2.24. The molecule has 22 heavy (non-hydrogen) atoms. The average molecular weight is 304 g/mol. The second-order valence-electron chi connectivity index (χ2n) is 5.83. The third kappa shape index (κ3) is 2.87. The molecule has 0 saturated heterocycles. The van der Waals surface area contributed by atoms with Crippen LogP contribution in [0.15, 0.2) is 11.0 Å². The van der Waals surface area contributed by atoms with Crippen LogP contribution in [0.1, 0.15) is 31.5 Å². The van der Waals surface area contributed by atoms with Gasteiger partial charge in [0.1, 0.15) is 11.2 Å². The van der Waals surface area contributed by atoms with Gasteiger partial charge < -0.3 is 10.7 Å². The Morgan fingerprint density at radius 1 is 1.50 bits per heavy atom. The van der Waals surface area contributed by atoms with Gasteiger partial charge in [0.05, 0.1) is 19.3 Å². The summed E-state index contributed by atoms with van der Waals surface area (Å²) in [7, 11) is 1.75. The van der Waals surface area contributed by atoms with Gasteiger partial charge in [0.25, 0.3) is 5.56 Å². The van der Waals surface area contributed by atoms with E-state index >= 15 is 0 Å². The standard InChI is InChI=1S/C14H20N6O2/c1-19-13-10(6-16-19)14(22)18-12(17-13)8-20(7-11(15)21)9-4-2-3-5-9/h6,9H,2-5,7-8H2,1H3,(H2,15,21)(H,17,18,22). The number of aromatic amines is 1. The third-order valence-electron chi connectivity index (χ3n) is 4.20. The van der Waals surface area contributed by atoms with Crippen LogP contribution in [0.3, 0.4) is 0 Å². The van der Waals surface area contributed by atoms with E-state index in [1.54, 1.807) is 11.7 Å². The van der Waals surface area contributed by atoms with Crippen molar-refractivity contribution in [2.75, 3.05) is 6.54 Å². The van der Waals surface area contributed by atoms with E-state index in [0.29, 0.717) is 29.4 Å². The van der Waals surface area contributed by atoms with Crippen LogP contribution in [-0.4, -0.2) is 43.1 Å². The van der Waals surface area contributed by atoms with Crippen molar-refractivity contribution >= 4 is 16.9 Å². The lowest BCUT2D eigenvalue weighted by Gasteiger charge is -2.26. The number of hydrogen-bond donors (Lipinski definition) is 2. The Labute approximate surface area is 127 Å². The van der Waals surface area contributed by atoms with Gasteiger partial charge in [0.15, 0.2) is 5.65 Å². The fraction of sp³-hybridized carbons (Fsp3) is 0.571. The zero-order valence-electron chi connectivity index (χ0n) is 12.6. The molecule has 0 spiro atoms. The van der Waals surface area contributed by atoms with Gasteiger partial charge in [0.2, 0.25) is 5.91 Å². The van der Waals surface area contributed by atoms with Crippen LogP contribution in [0.2, 0.25) is 0 Å². The Balaban J connectivity index is 1.89. The van der Waals surface area contributed by atoms with Crippen molar-refractivity contribution < 1.29 is 4.79 Å². The number of rotatable bonds is 5. The van der Waals surface area contributed by atoms with E-state index in [4.69, 9.17) is 5.73 Å². The number of nitrogens with one attached hydrogen (secondary N) is 1.